The van der Waals surface area contributed by atoms with Crippen LogP contribution in [0.5, 0.6) is 0 Å². The van der Waals surface area contributed by atoms with E-state index in [4.69, 9.17) is 25.0 Å². The van der Waals surface area contributed by atoms with Crippen LogP contribution in [0.1, 0.15) is 89.5 Å². The van der Waals surface area contributed by atoms with Gasteiger partial charge >= 0.3 is 37.9 Å². The van der Waals surface area contributed by atoms with Gasteiger partial charge in [0.15, 0.2) is 7.98 Å². The molecule has 0 aromatic heterocycles. The average molecular weight is 912 g/mol. The van der Waals surface area contributed by atoms with Gasteiger partial charge in [-0.3, -0.25) is 0 Å². The van der Waals surface area contributed by atoms with Gasteiger partial charge in [0.2, 0.25) is 0 Å². The topological polar surface area (TPSA) is 3.24 Å². The van der Waals surface area contributed by atoms with E-state index in [0.29, 0.717) is 23.7 Å². The fraction of sp³-hybridized carbons (Fsp3) is 0.400. The summed E-state index contributed by atoms with van der Waals surface area (Å²) in [6.07, 6.45) is 2.26. The van der Waals surface area contributed by atoms with Gasteiger partial charge in [-0.1, -0.05) is 166 Å². The van der Waals surface area contributed by atoms with Crippen molar-refractivity contribution >= 4 is 63.0 Å². The summed E-state index contributed by atoms with van der Waals surface area (Å²) >= 11 is -0.826. The zero-order valence-electron chi connectivity index (χ0n) is 37.4. The normalized spacial score (nSPS) is 11.7. The minimum atomic E-state index is -1.22. The molecule has 57 heavy (non-hydrogen) atoms. The molecular weight excluding hydrogens is 844 g/mol. The minimum absolute atomic E-state index is 0.575. The zero-order chi connectivity index (χ0) is 42.7. The molecule has 0 unspecified atom stereocenters. The van der Waals surface area contributed by atoms with Crippen molar-refractivity contribution in [3.05, 3.63) is 131 Å². The van der Waals surface area contributed by atoms with Crippen LogP contribution in [-0.4, -0.2) is 28.6 Å². The van der Waals surface area contributed by atoms with Crippen molar-refractivity contribution in [1.82, 2.24) is 4.14 Å². The van der Waals surface area contributed by atoms with Crippen LogP contribution < -0.4 is 0 Å². The summed E-state index contributed by atoms with van der Waals surface area (Å²) in [7, 11) is 13.4. The first-order valence-corrected chi connectivity index (χ1v) is 34.0. The summed E-state index contributed by atoms with van der Waals surface area (Å²) < 4.78 is 2.15. The standard InChI is InChI=1S/2C22H25.C6H18BNSi2.2ClH.Zr/c2*1-15(2)12-17-8-5-6-10-20(17)21-11-7-9-18-13-19(16(3)4)14-22(18)21;1-9(2,3)8(7)10(4,5)6;;;/h2*5-11,13-16H,12H2,1-4H3;1-6H3;2*1H;/q2*-1;;;;+4/p-2. The van der Waals surface area contributed by atoms with Crippen molar-refractivity contribution in [3.8, 4) is 22.3 Å². The van der Waals surface area contributed by atoms with Crippen LogP contribution in [-0.2, 0) is 33.7 Å². The maximum absolute atomic E-state index is 5.98. The van der Waals surface area contributed by atoms with Gasteiger partial charge in [0.05, 0.1) is 0 Å². The molecule has 0 saturated heterocycles. The van der Waals surface area contributed by atoms with E-state index in [9.17, 15) is 0 Å². The second kappa shape index (κ2) is 22.6. The Morgan fingerprint density at radius 2 is 0.842 bits per heavy atom. The van der Waals surface area contributed by atoms with E-state index in [1.54, 1.807) is 0 Å². The molecular formula is C50H68BCl2NSi2Zr. The molecule has 2 radical (unpaired) electrons. The van der Waals surface area contributed by atoms with E-state index in [2.05, 4.69) is 208 Å². The number of hydrogen-bond acceptors (Lipinski definition) is 1. The molecule has 0 bridgehead atoms. The molecule has 0 aliphatic rings. The quantitative estimate of drug-likeness (QED) is 0.0978. The summed E-state index contributed by atoms with van der Waals surface area (Å²) in [5.41, 5.74) is 11.3. The first kappa shape index (κ1) is 49.4. The fourth-order valence-corrected chi connectivity index (χ4v) is 15.5. The summed E-state index contributed by atoms with van der Waals surface area (Å²) in [6.45, 7) is 31.9. The van der Waals surface area contributed by atoms with Gasteiger partial charge in [-0.15, -0.1) is 69.1 Å². The van der Waals surface area contributed by atoms with E-state index in [1.807, 2.05) is 0 Å². The van der Waals surface area contributed by atoms with E-state index >= 15 is 0 Å². The van der Waals surface area contributed by atoms with Gasteiger partial charge in [0.1, 0.15) is 16.5 Å². The van der Waals surface area contributed by atoms with E-state index in [0.717, 1.165) is 12.8 Å². The number of halogens is 2. The number of fused-ring (bicyclic) bond motifs is 2. The number of hydrogen-bond donors (Lipinski definition) is 0. The molecule has 7 heteroatoms. The second-order valence-corrected chi connectivity index (χ2v) is 32.6. The van der Waals surface area contributed by atoms with E-state index in [-0.39, 0.29) is 0 Å². The number of rotatable bonds is 10. The van der Waals surface area contributed by atoms with Gasteiger partial charge in [-0.05, 0) is 58.8 Å². The Morgan fingerprint density at radius 3 is 1.12 bits per heavy atom. The van der Waals surface area contributed by atoms with Crippen molar-refractivity contribution in [1.29, 1.82) is 0 Å². The predicted molar refractivity (Wildman–Crippen MR) is 261 cm³/mol. The van der Waals surface area contributed by atoms with Crippen LogP contribution >= 0.6 is 17.0 Å². The number of nitrogens with zero attached hydrogens (tertiary/aromatic N) is 1. The first-order valence-electron chi connectivity index (χ1n) is 20.8. The molecule has 6 aromatic carbocycles. The van der Waals surface area contributed by atoms with Crippen LogP contribution in [0, 0.1) is 11.8 Å². The molecule has 6 rings (SSSR count). The Kier molecular flexibility index (Phi) is 19.6. The molecule has 0 heterocycles. The van der Waals surface area contributed by atoms with Gasteiger partial charge in [0, 0.05) is 0 Å². The van der Waals surface area contributed by atoms with E-state index in [1.165, 1.54) is 66.1 Å². The van der Waals surface area contributed by atoms with Crippen molar-refractivity contribution in [2.75, 3.05) is 0 Å². The van der Waals surface area contributed by atoms with Crippen molar-refractivity contribution in [2.45, 2.75) is 119 Å². The Labute approximate surface area is 370 Å². The molecule has 0 aliphatic heterocycles. The van der Waals surface area contributed by atoms with Gasteiger partial charge in [0.25, 0.3) is 0 Å². The molecule has 302 valence electrons. The Hall–Kier alpha value is -1.98. The Morgan fingerprint density at radius 1 is 0.526 bits per heavy atom. The van der Waals surface area contributed by atoms with Crippen LogP contribution in [0.4, 0.5) is 0 Å². The summed E-state index contributed by atoms with van der Waals surface area (Å²) in [5.74, 6) is 2.50. The van der Waals surface area contributed by atoms with Gasteiger partial charge < -0.3 is 4.14 Å². The monoisotopic (exact) mass is 909 g/mol. The molecule has 1 nitrogen and oxygen atoms in total. The second-order valence-electron chi connectivity index (χ2n) is 18.8. The van der Waals surface area contributed by atoms with Gasteiger partial charge in [-0.25, -0.2) is 0 Å². The summed E-state index contributed by atoms with van der Waals surface area (Å²) in [4.78, 5) is 0. The Balaban J connectivity index is 0.000000236. The van der Waals surface area contributed by atoms with Crippen molar-refractivity contribution in [3.63, 3.8) is 0 Å². The van der Waals surface area contributed by atoms with Crippen LogP contribution in [0.3, 0.4) is 0 Å². The molecule has 0 spiro atoms. The molecule has 0 atom stereocenters. The average Bonchev–Trinajstić information content (AvgIpc) is 3.77. The third-order valence-corrected chi connectivity index (χ3v) is 17.1. The zero-order valence-corrected chi connectivity index (χ0v) is 43.4. The first-order chi connectivity index (χ1) is 26.7. The molecule has 0 fully saturated rings. The van der Waals surface area contributed by atoms with Crippen LogP contribution in [0.2, 0.25) is 39.3 Å². The van der Waals surface area contributed by atoms with Crippen molar-refractivity contribution in [2.24, 2.45) is 11.8 Å². The molecule has 0 aliphatic carbocycles. The third-order valence-electron chi connectivity index (χ3n) is 10.2. The predicted octanol–water partition coefficient (Wildman–Crippen LogP) is 16.5. The summed E-state index contributed by atoms with van der Waals surface area (Å²) in [5, 5.41) is 5.51. The Bertz CT molecular complexity index is 1970. The van der Waals surface area contributed by atoms with Gasteiger partial charge in [-0.2, -0.15) is 12.1 Å². The van der Waals surface area contributed by atoms with Crippen LogP contribution in [0.25, 0.3) is 43.8 Å². The molecule has 0 saturated carbocycles. The SMILES string of the molecule is CC(C)Cc1ccccc1-c1cccc2[cH-]c(C(C)C)cc12.CC(C)Cc1ccccc1-c1cccc2[cH-]c(C(C)C)cc12.[B]N([Si](C)(C)C)[Si](C)(C)C.[Cl][Zr+2][Cl]. The molecule has 0 N–H and O–H groups in total. The van der Waals surface area contributed by atoms with Crippen molar-refractivity contribution < 1.29 is 20.8 Å². The summed E-state index contributed by atoms with van der Waals surface area (Å²) in [6, 6.07) is 40.5. The molecule has 6 aromatic rings. The number of benzene rings is 4. The maximum atomic E-state index is 5.98. The van der Waals surface area contributed by atoms with E-state index < -0.39 is 37.3 Å². The fourth-order valence-electron chi connectivity index (χ4n) is 7.46. The third kappa shape index (κ3) is 14.6. The molecule has 0 amide bonds. The van der Waals surface area contributed by atoms with Crippen LogP contribution in [0.15, 0.2) is 109 Å².